The fourth-order valence-electron chi connectivity index (χ4n) is 11.0. The van der Waals surface area contributed by atoms with Crippen LogP contribution in [0, 0.1) is 0 Å². The number of fused-ring (bicyclic) bond motifs is 9. The molecule has 0 atom stereocenters. The molecule has 3 nitrogen and oxygen atoms in total. The van der Waals surface area contributed by atoms with Gasteiger partial charge in [0, 0.05) is 49.4 Å². The van der Waals surface area contributed by atoms with Crippen molar-refractivity contribution in [2.75, 3.05) is 0 Å². The highest BCUT2D eigenvalue weighted by Gasteiger charge is 2.21. The van der Waals surface area contributed by atoms with Gasteiger partial charge in [-0.1, -0.05) is 176 Å². The molecular weight excluding hydrogens is 835 g/mol. The summed E-state index contributed by atoms with van der Waals surface area (Å²) in [5.41, 5.74) is 20.0. The highest BCUT2D eigenvalue weighted by molar-refractivity contribution is 6.19. The molecule has 0 radical (unpaired) electrons. The molecule has 0 N–H and O–H groups in total. The molecular formula is C66H43N3. The van der Waals surface area contributed by atoms with Crippen molar-refractivity contribution in [3.05, 3.63) is 261 Å². The van der Waals surface area contributed by atoms with Gasteiger partial charge in [0.15, 0.2) is 0 Å². The van der Waals surface area contributed by atoms with Crippen LogP contribution in [0.4, 0.5) is 0 Å². The summed E-state index contributed by atoms with van der Waals surface area (Å²) in [6.07, 6.45) is 0. The molecule has 11 aromatic carbocycles. The van der Waals surface area contributed by atoms with Gasteiger partial charge in [0.2, 0.25) is 0 Å². The van der Waals surface area contributed by atoms with Crippen LogP contribution in [0.3, 0.4) is 0 Å². The third-order valence-corrected chi connectivity index (χ3v) is 14.2. The Kier molecular flexibility index (Phi) is 8.90. The van der Waals surface area contributed by atoms with Crippen LogP contribution in [-0.2, 0) is 0 Å². The van der Waals surface area contributed by atoms with E-state index in [2.05, 4.69) is 275 Å². The molecule has 322 valence electrons. The number of aromatic nitrogens is 3. The molecule has 0 aliphatic carbocycles. The van der Waals surface area contributed by atoms with Gasteiger partial charge in [-0.05, 0) is 129 Å². The van der Waals surface area contributed by atoms with Gasteiger partial charge in [-0.15, -0.1) is 0 Å². The molecule has 0 aliphatic heterocycles. The summed E-state index contributed by atoms with van der Waals surface area (Å²) in [6, 6.07) is 95.6. The Morgan fingerprint density at radius 2 is 0.493 bits per heavy atom. The Balaban J connectivity index is 0.982. The first-order valence-corrected chi connectivity index (χ1v) is 23.7. The SMILES string of the molecule is c1ccc(-c2cccc(-c3cc(-c4ccccc4)cc(-n4c5ccccc5c5cc6c(cc54)c4ccccc4n6-c4ccc5c(c4)c4ccccc4n5-c4cccc(-c5ccccc5)c4)c3)c2)cc1. The summed E-state index contributed by atoms with van der Waals surface area (Å²) in [7, 11) is 0. The summed E-state index contributed by atoms with van der Waals surface area (Å²) < 4.78 is 7.38. The number of para-hydroxylation sites is 3. The van der Waals surface area contributed by atoms with Crippen LogP contribution < -0.4 is 0 Å². The third-order valence-electron chi connectivity index (χ3n) is 14.2. The zero-order valence-corrected chi connectivity index (χ0v) is 37.7. The number of benzene rings is 11. The molecule has 0 amide bonds. The van der Waals surface area contributed by atoms with Crippen molar-refractivity contribution in [3.63, 3.8) is 0 Å². The fraction of sp³-hybridized carbons (Fsp3) is 0. The average Bonchev–Trinajstić information content (AvgIpc) is 4.06. The lowest BCUT2D eigenvalue weighted by molar-refractivity contribution is 1.16. The van der Waals surface area contributed by atoms with Gasteiger partial charge in [-0.3, -0.25) is 0 Å². The molecule has 3 aromatic heterocycles. The van der Waals surface area contributed by atoms with E-state index >= 15 is 0 Å². The maximum absolute atomic E-state index is 2.49. The minimum atomic E-state index is 1.13. The summed E-state index contributed by atoms with van der Waals surface area (Å²) in [5, 5.41) is 7.34. The minimum absolute atomic E-state index is 1.13. The van der Waals surface area contributed by atoms with Crippen molar-refractivity contribution < 1.29 is 0 Å². The van der Waals surface area contributed by atoms with E-state index in [0.717, 1.165) is 17.1 Å². The van der Waals surface area contributed by atoms with Crippen molar-refractivity contribution in [2.24, 2.45) is 0 Å². The molecule has 14 rings (SSSR count). The van der Waals surface area contributed by atoms with Gasteiger partial charge in [-0.2, -0.15) is 0 Å². The van der Waals surface area contributed by atoms with Crippen molar-refractivity contribution in [1.82, 2.24) is 13.7 Å². The Bertz CT molecular complexity index is 4290. The van der Waals surface area contributed by atoms with E-state index in [0.29, 0.717) is 0 Å². The Morgan fingerprint density at radius 3 is 1.04 bits per heavy atom. The van der Waals surface area contributed by atoms with E-state index in [4.69, 9.17) is 0 Å². The van der Waals surface area contributed by atoms with Gasteiger partial charge in [0.1, 0.15) is 0 Å². The molecule has 3 heterocycles. The molecule has 0 spiro atoms. The fourth-order valence-corrected chi connectivity index (χ4v) is 11.0. The highest BCUT2D eigenvalue weighted by atomic mass is 15.0. The van der Waals surface area contributed by atoms with Crippen molar-refractivity contribution >= 4 is 65.4 Å². The van der Waals surface area contributed by atoms with Gasteiger partial charge in [0.25, 0.3) is 0 Å². The number of rotatable bonds is 7. The van der Waals surface area contributed by atoms with E-state index in [1.165, 1.54) is 110 Å². The summed E-state index contributed by atoms with van der Waals surface area (Å²) >= 11 is 0. The Labute approximate surface area is 399 Å². The second-order valence-corrected chi connectivity index (χ2v) is 18.1. The smallest absolute Gasteiger partial charge is 0.0548 e. The van der Waals surface area contributed by atoms with Crippen LogP contribution >= 0.6 is 0 Å². The lowest BCUT2D eigenvalue weighted by Crippen LogP contribution is -1.97. The predicted molar refractivity (Wildman–Crippen MR) is 291 cm³/mol. The van der Waals surface area contributed by atoms with Crippen molar-refractivity contribution in [1.29, 1.82) is 0 Å². The number of hydrogen-bond acceptors (Lipinski definition) is 0. The van der Waals surface area contributed by atoms with E-state index in [1.54, 1.807) is 0 Å². The molecule has 0 saturated heterocycles. The van der Waals surface area contributed by atoms with Gasteiger partial charge in [-0.25, -0.2) is 0 Å². The van der Waals surface area contributed by atoms with Crippen molar-refractivity contribution in [2.45, 2.75) is 0 Å². The topological polar surface area (TPSA) is 14.8 Å². The molecule has 3 heteroatoms. The molecule has 0 fully saturated rings. The molecule has 0 unspecified atom stereocenters. The van der Waals surface area contributed by atoms with E-state index < -0.39 is 0 Å². The number of nitrogens with zero attached hydrogens (tertiary/aromatic N) is 3. The largest absolute Gasteiger partial charge is 0.309 e. The summed E-state index contributed by atoms with van der Waals surface area (Å²) in [6.45, 7) is 0. The lowest BCUT2D eigenvalue weighted by atomic mass is 9.95. The third kappa shape index (κ3) is 6.36. The van der Waals surface area contributed by atoms with Crippen LogP contribution in [0.5, 0.6) is 0 Å². The van der Waals surface area contributed by atoms with E-state index in [-0.39, 0.29) is 0 Å². The predicted octanol–water partition coefficient (Wildman–Crippen LogP) is 17.6. The monoisotopic (exact) mass is 877 g/mol. The molecule has 69 heavy (non-hydrogen) atoms. The maximum atomic E-state index is 2.49. The Morgan fingerprint density at radius 1 is 0.159 bits per heavy atom. The van der Waals surface area contributed by atoms with Gasteiger partial charge in [0.05, 0.1) is 33.1 Å². The van der Waals surface area contributed by atoms with E-state index in [1.807, 2.05) is 0 Å². The standard InChI is InChI=1S/C66H43N3/c1-4-18-44(19-5-1)47-24-16-25-48(36-47)51-37-50(46-22-8-3-9-23-46)39-54(40-51)69-63-33-15-12-30-57(63)60-42-65-59(43-66(60)69)56-29-11-14-32-62(56)68(65)53-34-35-64-58(41-53)55-28-10-13-31-61(55)67(64)52-27-17-26-49(38-52)45-20-6-2-7-21-45/h1-43H. The maximum Gasteiger partial charge on any atom is 0.0548 e. The lowest BCUT2D eigenvalue weighted by Gasteiger charge is -2.15. The van der Waals surface area contributed by atoms with Crippen LogP contribution in [0.25, 0.3) is 127 Å². The minimum Gasteiger partial charge on any atom is -0.309 e. The Hall–Kier alpha value is -9.18. The zero-order valence-electron chi connectivity index (χ0n) is 37.7. The van der Waals surface area contributed by atoms with Crippen LogP contribution in [0.1, 0.15) is 0 Å². The van der Waals surface area contributed by atoms with Crippen LogP contribution in [0.15, 0.2) is 261 Å². The van der Waals surface area contributed by atoms with E-state index in [9.17, 15) is 0 Å². The molecule has 0 bridgehead atoms. The quantitative estimate of drug-likeness (QED) is 0.152. The number of hydrogen-bond donors (Lipinski definition) is 0. The first kappa shape index (κ1) is 39.0. The van der Waals surface area contributed by atoms with Crippen LogP contribution in [-0.4, -0.2) is 13.7 Å². The normalized spacial score (nSPS) is 11.8. The highest BCUT2D eigenvalue weighted by Crippen LogP contribution is 2.43. The van der Waals surface area contributed by atoms with Crippen LogP contribution in [0.2, 0.25) is 0 Å². The van der Waals surface area contributed by atoms with Gasteiger partial charge < -0.3 is 13.7 Å². The van der Waals surface area contributed by atoms with Gasteiger partial charge >= 0.3 is 0 Å². The summed E-state index contributed by atoms with van der Waals surface area (Å²) in [5.74, 6) is 0. The molecule has 0 aliphatic rings. The summed E-state index contributed by atoms with van der Waals surface area (Å²) in [4.78, 5) is 0. The molecule has 0 saturated carbocycles. The second-order valence-electron chi connectivity index (χ2n) is 18.1. The molecule has 14 aromatic rings. The van der Waals surface area contributed by atoms with Crippen molar-refractivity contribution in [3.8, 4) is 61.6 Å². The zero-order chi connectivity index (χ0) is 45.4. The first-order chi connectivity index (χ1) is 34.2. The first-order valence-electron chi connectivity index (χ1n) is 23.7. The average molecular weight is 878 g/mol. The second kappa shape index (κ2) is 15.7.